The standard InChI is InChI=1S/C13H20N2O3S2/c1-4-13(5-2,12(17)18)15-11(16)8-19-6-10-7-20-9(3)14-10/h7H,4-6,8H2,1-3H3,(H,15,16)(H,17,18). The molecule has 0 atom stereocenters. The summed E-state index contributed by atoms with van der Waals surface area (Å²) in [5.41, 5.74) is -0.185. The molecule has 5 nitrogen and oxygen atoms in total. The molecule has 112 valence electrons. The van der Waals surface area contributed by atoms with E-state index in [-0.39, 0.29) is 11.7 Å². The molecule has 0 aliphatic carbocycles. The fourth-order valence-corrected chi connectivity index (χ4v) is 3.24. The van der Waals surface area contributed by atoms with Crippen LogP contribution in [0.1, 0.15) is 37.4 Å². The molecule has 0 unspecified atom stereocenters. The van der Waals surface area contributed by atoms with E-state index in [9.17, 15) is 14.7 Å². The van der Waals surface area contributed by atoms with Gasteiger partial charge in [-0.3, -0.25) is 4.79 Å². The first kappa shape index (κ1) is 17.0. The van der Waals surface area contributed by atoms with Crippen molar-refractivity contribution < 1.29 is 14.7 Å². The quantitative estimate of drug-likeness (QED) is 0.770. The van der Waals surface area contributed by atoms with E-state index in [2.05, 4.69) is 10.3 Å². The number of hydrogen-bond acceptors (Lipinski definition) is 5. The van der Waals surface area contributed by atoms with Gasteiger partial charge in [-0.15, -0.1) is 23.1 Å². The second-order valence-corrected chi connectivity index (χ2v) is 6.54. The van der Waals surface area contributed by atoms with E-state index in [1.54, 1.807) is 25.2 Å². The molecule has 0 aliphatic heterocycles. The van der Waals surface area contributed by atoms with Crippen LogP contribution in [0.5, 0.6) is 0 Å². The van der Waals surface area contributed by atoms with Gasteiger partial charge in [0, 0.05) is 11.1 Å². The Morgan fingerprint density at radius 1 is 1.45 bits per heavy atom. The Labute approximate surface area is 127 Å². The first-order valence-electron chi connectivity index (χ1n) is 6.46. The zero-order valence-electron chi connectivity index (χ0n) is 11.9. The van der Waals surface area contributed by atoms with E-state index < -0.39 is 11.5 Å². The number of thioether (sulfide) groups is 1. The molecule has 0 aliphatic rings. The molecule has 7 heteroatoms. The van der Waals surface area contributed by atoms with Crippen LogP contribution >= 0.6 is 23.1 Å². The Bertz CT molecular complexity index is 470. The van der Waals surface area contributed by atoms with Gasteiger partial charge in [0.1, 0.15) is 5.54 Å². The smallest absolute Gasteiger partial charge is 0.329 e. The van der Waals surface area contributed by atoms with E-state index in [1.807, 2.05) is 12.3 Å². The monoisotopic (exact) mass is 316 g/mol. The van der Waals surface area contributed by atoms with Crippen LogP contribution in [0, 0.1) is 6.92 Å². The van der Waals surface area contributed by atoms with E-state index in [1.165, 1.54) is 11.8 Å². The summed E-state index contributed by atoms with van der Waals surface area (Å²) in [6, 6.07) is 0. The van der Waals surface area contributed by atoms with Gasteiger partial charge in [0.05, 0.1) is 16.5 Å². The van der Waals surface area contributed by atoms with Crippen molar-refractivity contribution in [1.82, 2.24) is 10.3 Å². The molecular weight excluding hydrogens is 296 g/mol. The highest BCUT2D eigenvalue weighted by atomic mass is 32.2. The maximum atomic E-state index is 11.9. The number of rotatable bonds is 8. The maximum absolute atomic E-state index is 11.9. The molecule has 0 saturated heterocycles. The zero-order valence-corrected chi connectivity index (χ0v) is 13.6. The predicted molar refractivity (Wildman–Crippen MR) is 82.1 cm³/mol. The van der Waals surface area contributed by atoms with Crippen LogP contribution in [0.2, 0.25) is 0 Å². The Hall–Kier alpha value is -1.08. The average Bonchev–Trinajstić information content (AvgIpc) is 2.81. The summed E-state index contributed by atoms with van der Waals surface area (Å²) >= 11 is 3.02. The van der Waals surface area contributed by atoms with Crippen LogP contribution in [-0.2, 0) is 15.3 Å². The number of carboxylic acids is 1. The van der Waals surface area contributed by atoms with E-state index >= 15 is 0 Å². The van der Waals surface area contributed by atoms with Crippen molar-refractivity contribution in [3.63, 3.8) is 0 Å². The van der Waals surface area contributed by atoms with Crippen molar-refractivity contribution in [3.05, 3.63) is 16.1 Å². The lowest BCUT2D eigenvalue weighted by Crippen LogP contribution is -2.54. The lowest BCUT2D eigenvalue weighted by Gasteiger charge is -2.27. The number of aryl methyl sites for hydroxylation is 1. The summed E-state index contributed by atoms with van der Waals surface area (Å²) in [5.74, 6) is -0.314. The van der Waals surface area contributed by atoms with Gasteiger partial charge in [0.15, 0.2) is 0 Å². The molecule has 0 spiro atoms. The molecule has 0 aromatic carbocycles. The molecule has 0 saturated carbocycles. The largest absolute Gasteiger partial charge is 0.480 e. The third-order valence-corrected chi connectivity index (χ3v) is 4.93. The fraction of sp³-hybridized carbons (Fsp3) is 0.615. The van der Waals surface area contributed by atoms with Crippen molar-refractivity contribution in [2.24, 2.45) is 0 Å². The minimum Gasteiger partial charge on any atom is -0.480 e. The molecule has 20 heavy (non-hydrogen) atoms. The second kappa shape index (κ2) is 7.64. The summed E-state index contributed by atoms with van der Waals surface area (Å²) in [6.07, 6.45) is 0.751. The van der Waals surface area contributed by atoms with Gasteiger partial charge in [-0.1, -0.05) is 13.8 Å². The minimum atomic E-state index is -1.14. The third-order valence-electron chi connectivity index (χ3n) is 3.14. The van der Waals surface area contributed by atoms with Crippen LogP contribution in [0.3, 0.4) is 0 Å². The number of carbonyl (C=O) groups excluding carboxylic acids is 1. The predicted octanol–water partition coefficient (Wildman–Crippen LogP) is 2.44. The molecule has 0 fully saturated rings. The number of hydrogen-bond donors (Lipinski definition) is 2. The van der Waals surface area contributed by atoms with Crippen LogP contribution in [0.15, 0.2) is 5.38 Å². The van der Waals surface area contributed by atoms with Gasteiger partial charge in [0.2, 0.25) is 5.91 Å². The Balaban J connectivity index is 2.44. The number of carbonyl (C=O) groups is 2. The molecule has 1 heterocycles. The van der Waals surface area contributed by atoms with Crippen molar-refractivity contribution in [1.29, 1.82) is 0 Å². The van der Waals surface area contributed by atoms with Crippen LogP contribution < -0.4 is 5.32 Å². The highest BCUT2D eigenvalue weighted by molar-refractivity contribution is 7.99. The molecule has 1 aromatic heterocycles. The molecule has 1 aromatic rings. The van der Waals surface area contributed by atoms with E-state index in [0.717, 1.165) is 10.7 Å². The Morgan fingerprint density at radius 2 is 2.10 bits per heavy atom. The second-order valence-electron chi connectivity index (χ2n) is 4.49. The first-order chi connectivity index (χ1) is 9.43. The summed E-state index contributed by atoms with van der Waals surface area (Å²) in [6.45, 7) is 5.47. The first-order valence-corrected chi connectivity index (χ1v) is 8.50. The number of nitrogens with zero attached hydrogens (tertiary/aromatic N) is 1. The Morgan fingerprint density at radius 3 is 2.55 bits per heavy atom. The lowest BCUT2D eigenvalue weighted by molar-refractivity contribution is -0.147. The number of carboxylic acid groups (broad SMARTS) is 1. The van der Waals surface area contributed by atoms with E-state index in [0.29, 0.717) is 18.6 Å². The molecule has 0 bridgehead atoms. The number of amides is 1. The number of nitrogens with one attached hydrogen (secondary N) is 1. The molecule has 0 radical (unpaired) electrons. The SMILES string of the molecule is CCC(CC)(NC(=O)CSCc1csc(C)n1)C(=O)O. The topological polar surface area (TPSA) is 79.3 Å². The molecule has 1 rings (SSSR count). The highest BCUT2D eigenvalue weighted by Gasteiger charge is 2.36. The fourth-order valence-electron chi connectivity index (χ4n) is 1.81. The number of aromatic nitrogens is 1. The van der Waals surface area contributed by atoms with Crippen LogP contribution in [0.25, 0.3) is 0 Å². The molecule has 2 N–H and O–H groups in total. The highest BCUT2D eigenvalue weighted by Crippen LogP contribution is 2.18. The molecular formula is C13H20N2O3S2. The van der Waals surface area contributed by atoms with E-state index in [4.69, 9.17) is 0 Å². The lowest BCUT2D eigenvalue weighted by atomic mass is 9.93. The van der Waals surface area contributed by atoms with Crippen molar-refractivity contribution >= 4 is 35.0 Å². The van der Waals surface area contributed by atoms with Crippen molar-refractivity contribution in [2.75, 3.05) is 5.75 Å². The van der Waals surface area contributed by atoms with Gasteiger partial charge < -0.3 is 10.4 Å². The Kier molecular flexibility index (Phi) is 6.48. The van der Waals surface area contributed by atoms with Gasteiger partial charge in [-0.05, 0) is 19.8 Å². The maximum Gasteiger partial charge on any atom is 0.329 e. The van der Waals surface area contributed by atoms with Gasteiger partial charge in [-0.25, -0.2) is 9.78 Å². The van der Waals surface area contributed by atoms with Crippen molar-refractivity contribution in [3.8, 4) is 0 Å². The summed E-state index contributed by atoms with van der Waals surface area (Å²) in [5, 5.41) is 14.9. The number of thiazole rings is 1. The molecule has 1 amide bonds. The summed E-state index contributed by atoms with van der Waals surface area (Å²) in [7, 11) is 0. The average molecular weight is 316 g/mol. The van der Waals surface area contributed by atoms with Crippen LogP contribution in [0.4, 0.5) is 0 Å². The summed E-state index contributed by atoms with van der Waals surface area (Å²) < 4.78 is 0. The van der Waals surface area contributed by atoms with Gasteiger partial charge >= 0.3 is 5.97 Å². The third kappa shape index (κ3) is 4.49. The van der Waals surface area contributed by atoms with Gasteiger partial charge in [0.25, 0.3) is 0 Å². The zero-order chi connectivity index (χ0) is 15.2. The van der Waals surface area contributed by atoms with Crippen molar-refractivity contribution in [2.45, 2.75) is 44.9 Å². The van der Waals surface area contributed by atoms with Gasteiger partial charge in [-0.2, -0.15) is 0 Å². The minimum absolute atomic E-state index is 0.242. The number of aliphatic carboxylic acids is 1. The summed E-state index contributed by atoms with van der Waals surface area (Å²) in [4.78, 5) is 27.5. The normalized spacial score (nSPS) is 11.3. The van der Waals surface area contributed by atoms with Crippen LogP contribution in [-0.4, -0.2) is 33.3 Å².